The molecule has 0 saturated carbocycles. The first kappa shape index (κ1) is 16.2. The highest BCUT2D eigenvalue weighted by molar-refractivity contribution is 5.42. The fraction of sp³-hybridized carbons (Fsp3) is 0.647. The van der Waals surface area contributed by atoms with Crippen LogP contribution in [-0.4, -0.2) is 13.6 Å². The smallest absolute Gasteiger partial charge is 0.0300 e. The molecule has 0 aliphatic carbocycles. The first-order valence-electron chi connectivity index (χ1n) is 7.29. The first-order chi connectivity index (χ1) is 8.77. The van der Waals surface area contributed by atoms with Gasteiger partial charge in [0.05, 0.1) is 0 Å². The summed E-state index contributed by atoms with van der Waals surface area (Å²) in [7, 11) is 1.99. The van der Waals surface area contributed by atoms with Crippen LogP contribution in [0.25, 0.3) is 0 Å². The van der Waals surface area contributed by atoms with Crippen LogP contribution in [0.4, 0.5) is 0 Å². The molecule has 108 valence electrons. The van der Waals surface area contributed by atoms with E-state index in [-0.39, 0.29) is 11.5 Å². The van der Waals surface area contributed by atoms with E-state index in [0.29, 0.717) is 0 Å². The number of hydrogen-bond donors (Lipinski definition) is 2. The SMILES string of the molecule is CNCCCC(N)c1c(C)cc(C(C)(C)C)cc1C. The van der Waals surface area contributed by atoms with Crippen molar-refractivity contribution in [1.29, 1.82) is 0 Å². The van der Waals surface area contributed by atoms with E-state index >= 15 is 0 Å². The van der Waals surface area contributed by atoms with Crippen LogP contribution < -0.4 is 11.1 Å². The molecule has 2 nitrogen and oxygen atoms in total. The minimum absolute atomic E-state index is 0.155. The maximum Gasteiger partial charge on any atom is 0.0300 e. The summed E-state index contributed by atoms with van der Waals surface area (Å²) in [6.07, 6.45) is 2.16. The topological polar surface area (TPSA) is 38.0 Å². The van der Waals surface area contributed by atoms with Gasteiger partial charge in [0.15, 0.2) is 0 Å². The predicted octanol–water partition coefficient (Wildman–Crippen LogP) is 3.60. The highest BCUT2D eigenvalue weighted by Gasteiger charge is 2.18. The molecule has 0 aromatic heterocycles. The summed E-state index contributed by atoms with van der Waals surface area (Å²) in [6, 6.07) is 4.77. The summed E-state index contributed by atoms with van der Waals surface area (Å²) in [4.78, 5) is 0. The highest BCUT2D eigenvalue weighted by atomic mass is 14.8. The van der Waals surface area contributed by atoms with Crippen molar-refractivity contribution in [3.8, 4) is 0 Å². The van der Waals surface area contributed by atoms with Crippen LogP contribution in [0, 0.1) is 13.8 Å². The molecule has 19 heavy (non-hydrogen) atoms. The van der Waals surface area contributed by atoms with Gasteiger partial charge >= 0.3 is 0 Å². The van der Waals surface area contributed by atoms with Gasteiger partial charge in [-0.2, -0.15) is 0 Å². The molecule has 3 N–H and O–H groups in total. The third kappa shape index (κ3) is 4.32. The molecule has 0 bridgehead atoms. The van der Waals surface area contributed by atoms with Crippen LogP contribution in [-0.2, 0) is 5.41 Å². The number of hydrogen-bond acceptors (Lipinski definition) is 2. The van der Waals surface area contributed by atoms with E-state index in [1.807, 2.05) is 7.05 Å². The van der Waals surface area contributed by atoms with Gasteiger partial charge in [0.2, 0.25) is 0 Å². The Morgan fingerprint density at radius 2 is 1.68 bits per heavy atom. The van der Waals surface area contributed by atoms with Crippen molar-refractivity contribution < 1.29 is 0 Å². The lowest BCUT2D eigenvalue weighted by Gasteiger charge is -2.24. The molecule has 1 rings (SSSR count). The third-order valence-electron chi connectivity index (χ3n) is 3.77. The molecule has 1 aromatic carbocycles. The van der Waals surface area contributed by atoms with Gasteiger partial charge in [-0.15, -0.1) is 0 Å². The van der Waals surface area contributed by atoms with Crippen LogP contribution in [0.2, 0.25) is 0 Å². The van der Waals surface area contributed by atoms with Gasteiger partial charge in [0.25, 0.3) is 0 Å². The second kappa shape index (κ2) is 6.53. The Kier molecular flexibility index (Phi) is 5.57. The average Bonchev–Trinajstić information content (AvgIpc) is 2.27. The van der Waals surface area contributed by atoms with Gasteiger partial charge < -0.3 is 11.1 Å². The second-order valence-electron chi connectivity index (χ2n) is 6.63. The Morgan fingerprint density at radius 3 is 2.11 bits per heavy atom. The second-order valence-corrected chi connectivity index (χ2v) is 6.63. The van der Waals surface area contributed by atoms with E-state index in [0.717, 1.165) is 19.4 Å². The third-order valence-corrected chi connectivity index (χ3v) is 3.77. The Hall–Kier alpha value is -0.860. The summed E-state index contributed by atoms with van der Waals surface area (Å²) >= 11 is 0. The predicted molar refractivity (Wildman–Crippen MR) is 84.7 cm³/mol. The van der Waals surface area contributed by atoms with Crippen molar-refractivity contribution in [2.45, 2.75) is 58.9 Å². The van der Waals surface area contributed by atoms with Crippen LogP contribution in [0.3, 0.4) is 0 Å². The number of aryl methyl sites for hydroxylation is 2. The molecule has 1 unspecified atom stereocenters. The van der Waals surface area contributed by atoms with Gasteiger partial charge in [-0.25, -0.2) is 0 Å². The standard InChI is InChI=1S/C17H30N2/c1-12-10-14(17(3,4)5)11-13(2)16(12)15(18)8-7-9-19-6/h10-11,15,19H,7-9,18H2,1-6H3. The number of nitrogens with one attached hydrogen (secondary N) is 1. The van der Waals surface area contributed by atoms with Crippen molar-refractivity contribution in [2.75, 3.05) is 13.6 Å². The van der Waals surface area contributed by atoms with E-state index in [1.54, 1.807) is 0 Å². The number of benzene rings is 1. The molecule has 2 heteroatoms. The zero-order valence-corrected chi connectivity index (χ0v) is 13.4. The quantitative estimate of drug-likeness (QED) is 0.796. The van der Waals surface area contributed by atoms with Crippen molar-refractivity contribution in [2.24, 2.45) is 5.73 Å². The molecule has 0 radical (unpaired) electrons. The average molecular weight is 262 g/mol. The van der Waals surface area contributed by atoms with Crippen molar-refractivity contribution in [3.63, 3.8) is 0 Å². The van der Waals surface area contributed by atoms with Gasteiger partial charge in [0.1, 0.15) is 0 Å². The van der Waals surface area contributed by atoms with Crippen LogP contribution in [0.1, 0.15) is 61.9 Å². The number of rotatable bonds is 5. The van der Waals surface area contributed by atoms with Crippen molar-refractivity contribution >= 4 is 0 Å². The summed E-state index contributed by atoms with van der Waals surface area (Å²) in [5, 5.41) is 3.18. The molecule has 0 heterocycles. The molecule has 1 atom stereocenters. The Balaban J connectivity index is 2.97. The fourth-order valence-electron chi connectivity index (χ4n) is 2.64. The molecule has 1 aromatic rings. The molecular weight excluding hydrogens is 232 g/mol. The molecule has 0 aliphatic rings. The Labute approximate surface area is 118 Å². The summed E-state index contributed by atoms with van der Waals surface area (Å²) in [5.74, 6) is 0. The molecule has 0 aliphatic heterocycles. The lowest BCUT2D eigenvalue weighted by molar-refractivity contribution is 0.576. The van der Waals surface area contributed by atoms with Gasteiger partial charge in [0, 0.05) is 6.04 Å². The first-order valence-corrected chi connectivity index (χ1v) is 7.29. The van der Waals surface area contributed by atoms with E-state index in [9.17, 15) is 0 Å². The van der Waals surface area contributed by atoms with E-state index in [4.69, 9.17) is 5.73 Å². The summed E-state index contributed by atoms with van der Waals surface area (Å²) in [6.45, 7) is 12.2. The minimum Gasteiger partial charge on any atom is -0.324 e. The maximum atomic E-state index is 6.37. The molecule has 0 spiro atoms. The largest absolute Gasteiger partial charge is 0.324 e. The Morgan fingerprint density at radius 1 is 1.16 bits per heavy atom. The van der Waals surface area contributed by atoms with E-state index in [1.165, 1.54) is 22.3 Å². The summed E-state index contributed by atoms with van der Waals surface area (Å²) < 4.78 is 0. The van der Waals surface area contributed by atoms with Gasteiger partial charge in [-0.1, -0.05) is 32.9 Å². The summed E-state index contributed by atoms with van der Waals surface area (Å²) in [5.41, 5.74) is 12.0. The fourth-order valence-corrected chi connectivity index (χ4v) is 2.64. The highest BCUT2D eigenvalue weighted by Crippen LogP contribution is 2.30. The molecule has 0 saturated heterocycles. The number of nitrogens with two attached hydrogens (primary N) is 1. The monoisotopic (exact) mass is 262 g/mol. The minimum atomic E-state index is 0.155. The lowest BCUT2D eigenvalue weighted by Crippen LogP contribution is -2.18. The van der Waals surface area contributed by atoms with E-state index in [2.05, 4.69) is 52.1 Å². The van der Waals surface area contributed by atoms with Crippen LogP contribution in [0.15, 0.2) is 12.1 Å². The van der Waals surface area contributed by atoms with Crippen molar-refractivity contribution in [3.05, 3.63) is 34.4 Å². The Bertz CT molecular complexity index is 393. The zero-order valence-electron chi connectivity index (χ0n) is 13.4. The molecule has 0 fully saturated rings. The molecule has 0 amide bonds. The zero-order chi connectivity index (χ0) is 14.6. The van der Waals surface area contributed by atoms with Crippen molar-refractivity contribution in [1.82, 2.24) is 5.32 Å². The van der Waals surface area contributed by atoms with Crippen LogP contribution >= 0.6 is 0 Å². The lowest BCUT2D eigenvalue weighted by atomic mass is 9.82. The van der Waals surface area contributed by atoms with Gasteiger partial charge in [-0.3, -0.25) is 0 Å². The maximum absolute atomic E-state index is 6.37. The molecular formula is C17H30N2. The van der Waals surface area contributed by atoms with E-state index < -0.39 is 0 Å². The van der Waals surface area contributed by atoms with Gasteiger partial charge in [-0.05, 0) is 68.0 Å². The normalized spacial score (nSPS) is 13.6. The van der Waals surface area contributed by atoms with Crippen LogP contribution in [0.5, 0.6) is 0 Å².